The van der Waals surface area contributed by atoms with E-state index in [2.05, 4.69) is 26.0 Å². The maximum atomic E-state index is 12.6. The molecule has 4 amide bonds. The first-order valence-corrected chi connectivity index (χ1v) is 12.1. The van der Waals surface area contributed by atoms with Gasteiger partial charge in [0.05, 0.1) is 20.3 Å². The number of methoxy groups -OCH3 is 1. The minimum Gasteiger partial charge on any atom is -0.468 e. The second-order valence-corrected chi connectivity index (χ2v) is 9.20. The van der Waals surface area contributed by atoms with Crippen LogP contribution in [0, 0.1) is 0 Å². The number of ether oxygens (including phenoxy) is 3. The highest BCUT2D eigenvalue weighted by Crippen LogP contribution is 2.11. The number of benzene rings is 1. The zero-order chi connectivity index (χ0) is 29.4. The van der Waals surface area contributed by atoms with Gasteiger partial charge in [-0.25, -0.2) is 9.59 Å². The predicted octanol–water partition coefficient (Wildman–Crippen LogP) is -0.714. The number of rotatable bonds is 14. The normalized spacial score (nSPS) is 12.2. The molecule has 0 radical (unpaired) electrons. The van der Waals surface area contributed by atoms with E-state index < -0.39 is 73.1 Å². The van der Waals surface area contributed by atoms with E-state index in [9.17, 15) is 33.9 Å². The Kier molecular flexibility index (Phi) is 14.0. The van der Waals surface area contributed by atoms with Crippen molar-refractivity contribution in [3.8, 4) is 0 Å². The van der Waals surface area contributed by atoms with Gasteiger partial charge in [0.15, 0.2) is 0 Å². The highest BCUT2D eigenvalue weighted by Gasteiger charge is 2.29. The van der Waals surface area contributed by atoms with Gasteiger partial charge in [0.2, 0.25) is 17.7 Å². The highest BCUT2D eigenvalue weighted by atomic mass is 16.6. The standard InChI is InChI=1S/C25H36N4O10/c1-25(2,3)39-23(35)17(29-24(36)38-15-16-8-6-5-7-9-16)10-11-19(31)28-18(14-30)22(34)27-12-20(32)26-13-21(33)37-4/h5-9,17-18,30H,10-15H2,1-4H3,(H,26,32)(H,27,34)(H,28,31)(H,29,36). The molecule has 0 aliphatic heterocycles. The van der Waals surface area contributed by atoms with Crippen LogP contribution in [-0.4, -0.2) is 85.4 Å². The number of carbonyl (C=O) groups is 6. The smallest absolute Gasteiger partial charge is 0.408 e. The maximum absolute atomic E-state index is 12.6. The average Bonchev–Trinajstić information content (AvgIpc) is 2.89. The molecule has 14 nitrogen and oxygen atoms in total. The fourth-order valence-corrected chi connectivity index (χ4v) is 2.86. The maximum Gasteiger partial charge on any atom is 0.408 e. The van der Waals surface area contributed by atoms with Gasteiger partial charge in [-0.2, -0.15) is 0 Å². The van der Waals surface area contributed by atoms with E-state index in [0.29, 0.717) is 0 Å². The van der Waals surface area contributed by atoms with Crippen molar-refractivity contribution in [3.63, 3.8) is 0 Å². The van der Waals surface area contributed by atoms with E-state index in [0.717, 1.165) is 12.7 Å². The monoisotopic (exact) mass is 552 g/mol. The number of amides is 4. The van der Waals surface area contributed by atoms with E-state index >= 15 is 0 Å². The van der Waals surface area contributed by atoms with E-state index in [4.69, 9.17) is 9.47 Å². The first-order chi connectivity index (χ1) is 18.3. The summed E-state index contributed by atoms with van der Waals surface area (Å²) in [6.07, 6.45) is -1.42. The minimum atomic E-state index is -1.39. The topological polar surface area (TPSA) is 198 Å². The SMILES string of the molecule is COC(=O)CNC(=O)CNC(=O)C(CO)NC(=O)CCC(NC(=O)OCc1ccccc1)C(=O)OC(C)(C)C. The molecular weight excluding hydrogens is 516 g/mol. The van der Waals surface area contributed by atoms with E-state index in [1.165, 1.54) is 0 Å². The van der Waals surface area contributed by atoms with Crippen molar-refractivity contribution in [2.75, 3.05) is 26.8 Å². The van der Waals surface area contributed by atoms with Crippen molar-refractivity contribution in [3.05, 3.63) is 35.9 Å². The zero-order valence-electron chi connectivity index (χ0n) is 22.4. The lowest BCUT2D eigenvalue weighted by atomic mass is 10.1. The predicted molar refractivity (Wildman–Crippen MR) is 136 cm³/mol. The Balaban J connectivity index is 2.65. The number of carbonyl (C=O) groups excluding carboxylic acids is 6. The zero-order valence-corrected chi connectivity index (χ0v) is 22.4. The number of aliphatic hydroxyl groups excluding tert-OH is 1. The third kappa shape index (κ3) is 14.4. The second kappa shape index (κ2) is 16.6. The fraction of sp³-hybridized carbons (Fsp3) is 0.520. The van der Waals surface area contributed by atoms with Crippen LogP contribution in [0.1, 0.15) is 39.2 Å². The number of nitrogens with one attached hydrogen (secondary N) is 4. The first-order valence-electron chi connectivity index (χ1n) is 12.1. The Labute approximate surface area is 226 Å². The van der Waals surface area contributed by atoms with E-state index in [-0.39, 0.29) is 19.4 Å². The lowest BCUT2D eigenvalue weighted by Crippen LogP contribution is -2.51. The van der Waals surface area contributed by atoms with Crippen molar-refractivity contribution in [2.24, 2.45) is 0 Å². The fourth-order valence-electron chi connectivity index (χ4n) is 2.86. The number of esters is 2. The van der Waals surface area contributed by atoms with Crippen LogP contribution in [0.4, 0.5) is 4.79 Å². The van der Waals surface area contributed by atoms with E-state index in [1.807, 2.05) is 6.07 Å². The van der Waals surface area contributed by atoms with Crippen molar-refractivity contribution in [1.29, 1.82) is 0 Å². The van der Waals surface area contributed by atoms with Gasteiger partial charge in [-0.1, -0.05) is 30.3 Å². The molecule has 2 atom stereocenters. The largest absolute Gasteiger partial charge is 0.468 e. The van der Waals surface area contributed by atoms with Gasteiger partial charge in [-0.3, -0.25) is 19.2 Å². The summed E-state index contributed by atoms with van der Waals surface area (Å²) in [5.41, 5.74) is -0.133. The second-order valence-electron chi connectivity index (χ2n) is 9.20. The number of hydrogen-bond donors (Lipinski definition) is 5. The Morgan fingerprint density at radius 3 is 2.15 bits per heavy atom. The van der Waals surface area contributed by atoms with Crippen molar-refractivity contribution in [2.45, 2.75) is 57.9 Å². The quantitative estimate of drug-likeness (QED) is 0.145. The third-order valence-electron chi connectivity index (χ3n) is 4.77. The number of alkyl carbamates (subject to hydrolysis) is 1. The molecule has 2 unspecified atom stereocenters. The molecule has 0 spiro atoms. The Hall–Kier alpha value is -4.20. The molecule has 1 rings (SSSR count). The summed E-state index contributed by atoms with van der Waals surface area (Å²) in [4.78, 5) is 72.3. The molecule has 14 heteroatoms. The summed E-state index contributed by atoms with van der Waals surface area (Å²) in [7, 11) is 1.15. The van der Waals surface area contributed by atoms with Crippen LogP contribution in [0.5, 0.6) is 0 Å². The molecule has 1 aromatic rings. The summed E-state index contributed by atoms with van der Waals surface area (Å²) in [6, 6.07) is 6.24. The molecule has 0 aliphatic rings. The first kappa shape index (κ1) is 32.8. The van der Waals surface area contributed by atoms with E-state index in [1.54, 1.807) is 45.0 Å². The molecule has 1 aromatic carbocycles. The minimum absolute atomic E-state index is 0.0395. The molecule has 0 heterocycles. The Morgan fingerprint density at radius 2 is 1.56 bits per heavy atom. The van der Waals surface area contributed by atoms with Crippen LogP contribution < -0.4 is 21.3 Å². The van der Waals surface area contributed by atoms with Gasteiger partial charge >= 0.3 is 18.0 Å². The molecule has 0 saturated heterocycles. The van der Waals surface area contributed by atoms with Gasteiger partial charge in [0, 0.05) is 6.42 Å². The molecule has 216 valence electrons. The Morgan fingerprint density at radius 1 is 0.897 bits per heavy atom. The van der Waals surface area contributed by atoms with Crippen LogP contribution in [0.25, 0.3) is 0 Å². The summed E-state index contributed by atoms with van der Waals surface area (Å²) < 4.78 is 14.8. The molecule has 0 bridgehead atoms. The van der Waals surface area contributed by atoms with Gasteiger partial charge in [-0.05, 0) is 32.8 Å². The molecular formula is C25H36N4O10. The van der Waals surface area contributed by atoms with Crippen molar-refractivity contribution < 1.29 is 48.1 Å². The van der Waals surface area contributed by atoms with Gasteiger partial charge < -0.3 is 40.6 Å². The third-order valence-corrected chi connectivity index (χ3v) is 4.77. The van der Waals surface area contributed by atoms with Crippen molar-refractivity contribution >= 4 is 35.8 Å². The summed E-state index contributed by atoms with van der Waals surface area (Å²) in [6.45, 7) is 3.20. The molecule has 0 aromatic heterocycles. The van der Waals surface area contributed by atoms with Crippen LogP contribution in [0.2, 0.25) is 0 Å². The lowest BCUT2D eigenvalue weighted by Gasteiger charge is -2.24. The van der Waals surface area contributed by atoms with Crippen LogP contribution in [0.3, 0.4) is 0 Å². The lowest BCUT2D eigenvalue weighted by molar-refractivity contribution is -0.157. The highest BCUT2D eigenvalue weighted by molar-refractivity contribution is 5.91. The van der Waals surface area contributed by atoms with Gasteiger partial charge in [0.1, 0.15) is 30.8 Å². The van der Waals surface area contributed by atoms with Crippen molar-refractivity contribution in [1.82, 2.24) is 21.3 Å². The van der Waals surface area contributed by atoms with Gasteiger partial charge in [-0.15, -0.1) is 0 Å². The Bertz CT molecular complexity index is 994. The molecule has 0 aliphatic carbocycles. The molecule has 5 N–H and O–H groups in total. The summed E-state index contributed by atoms with van der Waals surface area (Å²) in [5.74, 6) is -3.74. The van der Waals surface area contributed by atoms with Gasteiger partial charge in [0.25, 0.3) is 0 Å². The molecule has 0 fully saturated rings. The summed E-state index contributed by atoms with van der Waals surface area (Å²) in [5, 5.41) is 18.6. The molecule has 0 saturated carbocycles. The summed E-state index contributed by atoms with van der Waals surface area (Å²) >= 11 is 0. The number of hydrogen-bond acceptors (Lipinski definition) is 10. The van der Waals surface area contributed by atoms with Crippen LogP contribution in [-0.2, 0) is 44.8 Å². The van der Waals surface area contributed by atoms with Crippen LogP contribution in [0.15, 0.2) is 30.3 Å². The number of aliphatic hydroxyl groups is 1. The van der Waals surface area contributed by atoms with Crippen LogP contribution >= 0.6 is 0 Å². The molecule has 39 heavy (non-hydrogen) atoms. The average molecular weight is 553 g/mol.